The van der Waals surface area contributed by atoms with Gasteiger partial charge in [0.2, 0.25) is 5.69 Å². The molecule has 2 aromatic carbocycles. The molecule has 3 aromatic rings. The maximum Gasteiger partial charge on any atom is 0.220 e. The standard InChI is InChI=1S/C30H42N/c1-20-25(17-23(29(5,6)7)18-26(20)30(8,9)10)27-24-13-12-21(19-28(2,3)4)16-22(24)14-15-31(27)11/h12-18H,19H2,1-11H3/q+1/i14D,15D. The Morgan fingerprint density at radius 1 is 0.871 bits per heavy atom. The van der Waals surface area contributed by atoms with Crippen LogP contribution in [0.25, 0.3) is 22.0 Å². The minimum atomic E-state index is 0.00745. The minimum absolute atomic E-state index is 0.00745. The third-order valence-corrected chi connectivity index (χ3v) is 6.10. The van der Waals surface area contributed by atoms with E-state index in [1.807, 2.05) is 11.6 Å². The van der Waals surface area contributed by atoms with Gasteiger partial charge in [-0.25, -0.2) is 4.57 Å². The lowest BCUT2D eigenvalue weighted by Crippen LogP contribution is -2.31. The van der Waals surface area contributed by atoms with Gasteiger partial charge in [0.25, 0.3) is 0 Å². The van der Waals surface area contributed by atoms with E-state index in [1.165, 1.54) is 22.3 Å². The molecular formula is C30H42N+. The van der Waals surface area contributed by atoms with E-state index >= 15 is 0 Å². The van der Waals surface area contributed by atoms with E-state index in [1.54, 1.807) is 0 Å². The monoisotopic (exact) mass is 418 g/mol. The van der Waals surface area contributed by atoms with Crippen molar-refractivity contribution in [1.29, 1.82) is 0 Å². The van der Waals surface area contributed by atoms with Gasteiger partial charge in [0.05, 0.1) is 12.3 Å². The van der Waals surface area contributed by atoms with E-state index in [9.17, 15) is 0 Å². The zero-order valence-electron chi connectivity index (χ0n) is 23.5. The zero-order valence-corrected chi connectivity index (χ0v) is 21.5. The number of pyridine rings is 1. The van der Waals surface area contributed by atoms with E-state index in [2.05, 4.69) is 99.6 Å². The van der Waals surface area contributed by atoms with Crippen molar-refractivity contribution in [2.24, 2.45) is 12.5 Å². The third kappa shape index (κ3) is 5.03. The smallest absolute Gasteiger partial charge is 0.200 e. The van der Waals surface area contributed by atoms with Crippen molar-refractivity contribution in [1.82, 2.24) is 0 Å². The van der Waals surface area contributed by atoms with E-state index in [-0.39, 0.29) is 22.4 Å². The van der Waals surface area contributed by atoms with Crippen molar-refractivity contribution in [2.45, 2.75) is 86.5 Å². The third-order valence-electron chi connectivity index (χ3n) is 6.10. The normalized spacial score (nSPS) is 14.0. The van der Waals surface area contributed by atoms with Crippen molar-refractivity contribution < 1.29 is 7.31 Å². The Morgan fingerprint density at radius 3 is 2.06 bits per heavy atom. The molecule has 0 spiro atoms. The second-order valence-corrected chi connectivity index (χ2v) is 12.5. The Balaban J connectivity index is 2.45. The molecule has 0 radical (unpaired) electrons. The average Bonchev–Trinajstić information content (AvgIpc) is 2.65. The molecular weight excluding hydrogens is 374 g/mol. The molecule has 0 aliphatic carbocycles. The van der Waals surface area contributed by atoms with Crippen LogP contribution >= 0.6 is 0 Å². The molecule has 0 fully saturated rings. The molecule has 0 saturated carbocycles. The van der Waals surface area contributed by atoms with Crippen LogP contribution in [0.5, 0.6) is 0 Å². The van der Waals surface area contributed by atoms with Crippen molar-refractivity contribution in [2.75, 3.05) is 0 Å². The van der Waals surface area contributed by atoms with Crippen LogP contribution in [0.2, 0.25) is 0 Å². The molecule has 0 aliphatic heterocycles. The van der Waals surface area contributed by atoms with Gasteiger partial charge in [-0.15, -0.1) is 0 Å². The molecule has 0 saturated heterocycles. The molecule has 0 N–H and O–H groups in total. The first kappa shape index (κ1) is 20.7. The fourth-order valence-corrected chi connectivity index (χ4v) is 4.50. The molecule has 1 heterocycles. The zero-order chi connectivity index (χ0) is 25.1. The number of aromatic nitrogens is 1. The molecule has 0 atom stereocenters. The summed E-state index contributed by atoms with van der Waals surface area (Å²) in [6.45, 7) is 22.5. The second kappa shape index (κ2) is 7.76. The Bertz CT molecular complexity index is 1220. The molecule has 1 aromatic heterocycles. The summed E-state index contributed by atoms with van der Waals surface area (Å²) in [7, 11) is 1.93. The van der Waals surface area contributed by atoms with Gasteiger partial charge < -0.3 is 0 Å². The highest BCUT2D eigenvalue weighted by Crippen LogP contribution is 2.38. The van der Waals surface area contributed by atoms with Crippen molar-refractivity contribution >= 4 is 10.8 Å². The van der Waals surface area contributed by atoms with E-state index < -0.39 is 0 Å². The highest BCUT2D eigenvalue weighted by Gasteiger charge is 2.27. The lowest BCUT2D eigenvalue weighted by Gasteiger charge is -2.28. The first-order valence-electron chi connectivity index (χ1n) is 12.5. The van der Waals surface area contributed by atoms with E-state index in [0.29, 0.717) is 6.04 Å². The van der Waals surface area contributed by atoms with Crippen LogP contribution in [0.3, 0.4) is 0 Å². The summed E-state index contributed by atoms with van der Waals surface area (Å²) in [5.74, 6) is 0. The summed E-state index contributed by atoms with van der Waals surface area (Å²) in [6.07, 6.45) is 1.20. The number of hydrogen-bond acceptors (Lipinski definition) is 0. The summed E-state index contributed by atoms with van der Waals surface area (Å²) in [6, 6.07) is 11.5. The molecule has 0 bridgehead atoms. The summed E-state index contributed by atoms with van der Waals surface area (Å²) in [5.41, 5.74) is 7.49. The van der Waals surface area contributed by atoms with E-state index in [4.69, 9.17) is 2.74 Å². The van der Waals surface area contributed by atoms with Crippen LogP contribution in [0, 0.1) is 12.3 Å². The van der Waals surface area contributed by atoms with Crippen LogP contribution in [0.1, 0.15) is 87.3 Å². The molecule has 31 heavy (non-hydrogen) atoms. The Hall–Kier alpha value is -2.15. The number of nitrogens with zero attached hydrogens (tertiary/aromatic N) is 1. The molecule has 166 valence electrons. The predicted molar refractivity (Wildman–Crippen MR) is 136 cm³/mol. The van der Waals surface area contributed by atoms with Crippen molar-refractivity contribution in [3.63, 3.8) is 0 Å². The SMILES string of the molecule is [2H]c1c([2H])[n+](C)c(-c2cc(C(C)(C)C)cc(C(C)(C)C)c2C)c2ccc(CC(C)(C)C)cc12. The van der Waals surface area contributed by atoms with Crippen LogP contribution in [-0.2, 0) is 24.3 Å². The fraction of sp³-hybridized carbons (Fsp3) is 0.500. The minimum Gasteiger partial charge on any atom is -0.200 e. The van der Waals surface area contributed by atoms with Gasteiger partial charge in [0.15, 0.2) is 6.17 Å². The summed E-state index contributed by atoms with van der Waals surface area (Å²) in [5, 5.41) is 1.91. The number of hydrogen-bond donors (Lipinski definition) is 0. The second-order valence-electron chi connectivity index (χ2n) is 12.5. The van der Waals surface area contributed by atoms with Gasteiger partial charge >= 0.3 is 0 Å². The van der Waals surface area contributed by atoms with Gasteiger partial charge in [-0.2, -0.15) is 0 Å². The molecule has 3 rings (SSSR count). The first-order valence-corrected chi connectivity index (χ1v) is 11.5. The molecule has 1 nitrogen and oxygen atoms in total. The van der Waals surface area contributed by atoms with Gasteiger partial charge in [0.1, 0.15) is 8.42 Å². The summed E-state index contributed by atoms with van der Waals surface area (Å²) >= 11 is 0. The number of fused-ring (bicyclic) bond motifs is 1. The summed E-state index contributed by atoms with van der Waals surface area (Å²) in [4.78, 5) is 0. The maximum absolute atomic E-state index is 8.77. The molecule has 1 heteroatoms. The number of rotatable bonds is 2. The van der Waals surface area contributed by atoms with Gasteiger partial charge in [-0.05, 0) is 69.4 Å². The quantitative estimate of drug-likeness (QED) is 0.373. The Morgan fingerprint density at radius 2 is 1.52 bits per heavy atom. The lowest BCUT2D eigenvalue weighted by molar-refractivity contribution is -0.659. The van der Waals surface area contributed by atoms with Gasteiger partial charge in [-0.3, -0.25) is 0 Å². The van der Waals surface area contributed by atoms with E-state index in [0.717, 1.165) is 28.5 Å². The molecule has 0 aliphatic rings. The number of benzene rings is 2. The highest BCUT2D eigenvalue weighted by molar-refractivity contribution is 5.94. The molecule has 0 amide bonds. The topological polar surface area (TPSA) is 3.88 Å². The van der Waals surface area contributed by atoms with Crippen LogP contribution < -0.4 is 4.57 Å². The average molecular weight is 419 g/mol. The Labute approximate surface area is 193 Å². The Kier molecular flexibility index (Phi) is 5.19. The van der Waals surface area contributed by atoms with Crippen LogP contribution in [0.15, 0.2) is 42.5 Å². The van der Waals surface area contributed by atoms with Gasteiger partial charge in [-0.1, -0.05) is 80.5 Å². The van der Waals surface area contributed by atoms with Crippen LogP contribution in [0.4, 0.5) is 0 Å². The highest BCUT2D eigenvalue weighted by atomic mass is 14.9. The summed E-state index contributed by atoms with van der Waals surface area (Å²) < 4.78 is 19.4. The van der Waals surface area contributed by atoms with Crippen molar-refractivity contribution in [3.8, 4) is 11.3 Å². The first-order chi connectivity index (χ1) is 14.9. The molecule has 0 unspecified atom stereocenters. The van der Waals surface area contributed by atoms with Gasteiger partial charge in [0, 0.05) is 6.04 Å². The lowest BCUT2D eigenvalue weighted by atomic mass is 9.76. The predicted octanol–water partition coefficient (Wildman–Crippen LogP) is 7.82. The maximum atomic E-state index is 8.77. The van der Waals surface area contributed by atoms with Crippen LogP contribution in [-0.4, -0.2) is 0 Å². The van der Waals surface area contributed by atoms with Crippen molar-refractivity contribution in [3.05, 3.63) is 64.8 Å². The fourth-order valence-electron chi connectivity index (χ4n) is 4.50. The largest absolute Gasteiger partial charge is 0.220 e.